The number of rotatable bonds is 2. The largest absolute Gasteiger partial charge is 0.367 e. The van der Waals surface area contributed by atoms with Gasteiger partial charge >= 0.3 is 0 Å². The quantitative estimate of drug-likeness (QED) is 0.844. The van der Waals surface area contributed by atoms with E-state index in [4.69, 9.17) is 0 Å². The first-order chi connectivity index (χ1) is 9.75. The van der Waals surface area contributed by atoms with E-state index >= 15 is 0 Å². The second kappa shape index (κ2) is 5.75. The minimum Gasteiger partial charge on any atom is -0.367 e. The van der Waals surface area contributed by atoms with Crippen LogP contribution in [-0.2, 0) is 0 Å². The molecule has 0 aromatic carbocycles. The first-order valence-electron chi connectivity index (χ1n) is 6.45. The fourth-order valence-corrected chi connectivity index (χ4v) is 2.89. The molecule has 0 saturated carbocycles. The van der Waals surface area contributed by atoms with Gasteiger partial charge in [0.1, 0.15) is 0 Å². The fraction of sp³-hybridized carbons (Fsp3) is 0.286. The predicted molar refractivity (Wildman–Crippen MR) is 80.6 cm³/mol. The molecule has 1 saturated heterocycles. The Hall–Kier alpha value is -1.69. The highest BCUT2D eigenvalue weighted by molar-refractivity contribution is 9.10. The number of hydrogen-bond donors (Lipinski definition) is 0. The monoisotopic (exact) mass is 336 g/mol. The molecule has 104 valence electrons. The van der Waals surface area contributed by atoms with Gasteiger partial charge in [0.2, 0.25) is 0 Å². The Balaban J connectivity index is 1.72. The topological polar surface area (TPSA) is 32.3 Å². The first kappa shape index (κ1) is 13.3. The van der Waals surface area contributed by atoms with E-state index in [1.807, 2.05) is 11.0 Å². The minimum absolute atomic E-state index is 0.258. The Morgan fingerprint density at radius 1 is 1.05 bits per heavy atom. The van der Waals surface area contributed by atoms with Gasteiger partial charge in [-0.2, -0.15) is 0 Å². The average Bonchev–Trinajstić information content (AvgIpc) is 2.49. The van der Waals surface area contributed by atoms with Crippen molar-refractivity contribution in [2.24, 2.45) is 0 Å². The molecule has 3 rings (SSSR count). The van der Waals surface area contributed by atoms with Crippen LogP contribution in [0.15, 0.2) is 41.3 Å². The number of aromatic nitrogens is 2. The molecule has 1 fully saturated rings. The lowest BCUT2D eigenvalue weighted by atomic mass is 10.2. The number of pyridine rings is 2. The van der Waals surface area contributed by atoms with E-state index in [1.165, 1.54) is 6.07 Å². The van der Waals surface area contributed by atoms with Gasteiger partial charge < -0.3 is 9.80 Å². The van der Waals surface area contributed by atoms with Gasteiger partial charge in [0.15, 0.2) is 11.6 Å². The summed E-state index contributed by atoms with van der Waals surface area (Å²) < 4.78 is 14.7. The Labute approximate surface area is 125 Å². The highest BCUT2D eigenvalue weighted by Gasteiger charge is 2.21. The van der Waals surface area contributed by atoms with E-state index in [0.29, 0.717) is 5.82 Å². The molecule has 0 bridgehead atoms. The molecule has 4 nitrogen and oxygen atoms in total. The SMILES string of the molecule is Fc1cccnc1N1CCN(c2ccncc2Br)CC1. The lowest BCUT2D eigenvalue weighted by molar-refractivity contribution is 0.588. The van der Waals surface area contributed by atoms with Crippen LogP contribution < -0.4 is 9.80 Å². The summed E-state index contributed by atoms with van der Waals surface area (Å²) in [6.07, 6.45) is 5.20. The maximum Gasteiger partial charge on any atom is 0.165 e. The standard InChI is InChI=1S/C14H14BrFN4/c15-11-10-17-5-3-13(11)19-6-8-20(9-7-19)14-12(16)2-1-4-18-14/h1-5,10H,6-9H2. The highest BCUT2D eigenvalue weighted by atomic mass is 79.9. The summed E-state index contributed by atoms with van der Waals surface area (Å²) in [5.74, 6) is 0.187. The molecule has 1 aliphatic rings. The van der Waals surface area contributed by atoms with Crippen molar-refractivity contribution >= 4 is 27.4 Å². The zero-order chi connectivity index (χ0) is 13.9. The Kier molecular flexibility index (Phi) is 3.82. The van der Waals surface area contributed by atoms with Gasteiger partial charge in [-0.3, -0.25) is 4.98 Å². The summed E-state index contributed by atoms with van der Waals surface area (Å²) >= 11 is 3.51. The van der Waals surface area contributed by atoms with Crippen LogP contribution in [0.25, 0.3) is 0 Å². The van der Waals surface area contributed by atoms with Crippen molar-refractivity contribution in [2.75, 3.05) is 36.0 Å². The molecular formula is C14H14BrFN4. The van der Waals surface area contributed by atoms with Crippen LogP contribution in [0.2, 0.25) is 0 Å². The van der Waals surface area contributed by atoms with Crippen molar-refractivity contribution in [2.45, 2.75) is 0 Å². The van der Waals surface area contributed by atoms with Crippen LogP contribution in [0.5, 0.6) is 0 Å². The molecule has 0 N–H and O–H groups in total. The van der Waals surface area contributed by atoms with E-state index in [2.05, 4.69) is 30.8 Å². The molecule has 0 amide bonds. The smallest absolute Gasteiger partial charge is 0.165 e. The van der Waals surface area contributed by atoms with E-state index in [0.717, 1.165) is 36.3 Å². The molecule has 0 atom stereocenters. The summed E-state index contributed by atoms with van der Waals surface area (Å²) in [7, 11) is 0. The van der Waals surface area contributed by atoms with Crippen LogP contribution >= 0.6 is 15.9 Å². The summed E-state index contributed by atoms with van der Waals surface area (Å²) in [5, 5.41) is 0. The third kappa shape index (κ3) is 2.60. The maximum atomic E-state index is 13.7. The molecule has 20 heavy (non-hydrogen) atoms. The van der Waals surface area contributed by atoms with E-state index in [9.17, 15) is 4.39 Å². The first-order valence-corrected chi connectivity index (χ1v) is 7.25. The summed E-state index contributed by atoms with van der Waals surface area (Å²) in [4.78, 5) is 12.5. The van der Waals surface area contributed by atoms with Gasteiger partial charge in [-0.15, -0.1) is 0 Å². The summed E-state index contributed by atoms with van der Waals surface area (Å²) in [5.41, 5.74) is 1.13. The van der Waals surface area contributed by atoms with Gasteiger partial charge in [0, 0.05) is 44.8 Å². The van der Waals surface area contributed by atoms with Gasteiger partial charge in [0.25, 0.3) is 0 Å². The fourth-order valence-electron chi connectivity index (χ4n) is 2.39. The summed E-state index contributed by atoms with van der Waals surface area (Å²) in [6.45, 7) is 3.17. The van der Waals surface area contributed by atoms with Gasteiger partial charge in [0.05, 0.1) is 10.2 Å². The van der Waals surface area contributed by atoms with Crippen LogP contribution in [0.1, 0.15) is 0 Å². The second-order valence-corrected chi connectivity index (χ2v) is 5.46. The predicted octanol–water partition coefficient (Wildman–Crippen LogP) is 2.70. The summed E-state index contributed by atoms with van der Waals surface area (Å²) in [6, 6.07) is 5.05. The molecular weight excluding hydrogens is 323 g/mol. The third-order valence-corrected chi connectivity index (χ3v) is 4.02. The number of piperazine rings is 1. The Bertz CT molecular complexity index is 546. The van der Waals surface area contributed by atoms with Crippen LogP contribution in [0.4, 0.5) is 15.9 Å². The Morgan fingerprint density at radius 2 is 1.80 bits per heavy atom. The van der Waals surface area contributed by atoms with Crippen molar-refractivity contribution in [3.05, 3.63) is 47.1 Å². The van der Waals surface area contributed by atoms with Gasteiger partial charge in [-0.25, -0.2) is 9.37 Å². The van der Waals surface area contributed by atoms with Crippen molar-refractivity contribution in [3.63, 3.8) is 0 Å². The minimum atomic E-state index is -0.258. The molecule has 0 unspecified atom stereocenters. The molecule has 0 spiro atoms. The maximum absolute atomic E-state index is 13.7. The number of anilines is 2. The molecule has 0 aliphatic carbocycles. The lowest BCUT2D eigenvalue weighted by Crippen LogP contribution is -2.47. The van der Waals surface area contributed by atoms with Crippen molar-refractivity contribution in [1.29, 1.82) is 0 Å². The number of nitrogens with zero attached hydrogens (tertiary/aromatic N) is 4. The molecule has 0 radical (unpaired) electrons. The number of halogens is 2. The van der Waals surface area contributed by atoms with E-state index in [-0.39, 0.29) is 5.82 Å². The average molecular weight is 337 g/mol. The highest BCUT2D eigenvalue weighted by Crippen LogP contribution is 2.26. The van der Waals surface area contributed by atoms with Crippen LogP contribution in [0, 0.1) is 5.82 Å². The molecule has 1 aliphatic heterocycles. The zero-order valence-corrected chi connectivity index (χ0v) is 12.4. The van der Waals surface area contributed by atoms with Crippen molar-refractivity contribution in [3.8, 4) is 0 Å². The molecule has 2 aromatic rings. The third-order valence-electron chi connectivity index (χ3n) is 3.41. The molecule has 2 aromatic heterocycles. The Morgan fingerprint density at radius 3 is 2.50 bits per heavy atom. The number of hydrogen-bond acceptors (Lipinski definition) is 4. The molecule has 3 heterocycles. The van der Waals surface area contributed by atoms with E-state index in [1.54, 1.807) is 24.7 Å². The normalized spacial score (nSPS) is 15.5. The van der Waals surface area contributed by atoms with Crippen LogP contribution in [-0.4, -0.2) is 36.1 Å². The second-order valence-electron chi connectivity index (χ2n) is 4.61. The van der Waals surface area contributed by atoms with Gasteiger partial charge in [-0.1, -0.05) is 0 Å². The van der Waals surface area contributed by atoms with Crippen LogP contribution in [0.3, 0.4) is 0 Å². The van der Waals surface area contributed by atoms with Crippen molar-refractivity contribution in [1.82, 2.24) is 9.97 Å². The van der Waals surface area contributed by atoms with Crippen molar-refractivity contribution < 1.29 is 4.39 Å². The zero-order valence-electron chi connectivity index (χ0n) is 10.8. The molecule has 6 heteroatoms. The van der Waals surface area contributed by atoms with Gasteiger partial charge in [-0.05, 0) is 34.1 Å². The van der Waals surface area contributed by atoms with E-state index < -0.39 is 0 Å². The lowest BCUT2D eigenvalue weighted by Gasteiger charge is -2.37.